The Labute approximate surface area is 115 Å². The lowest BCUT2D eigenvalue weighted by molar-refractivity contribution is 0.0692. The molecule has 0 bridgehead atoms. The Hall–Kier alpha value is -2.43. The summed E-state index contributed by atoms with van der Waals surface area (Å²) in [7, 11) is 0. The first-order valence-electron chi connectivity index (χ1n) is 6.04. The summed E-state index contributed by atoms with van der Waals surface area (Å²) in [6, 6.07) is 5.81. The number of aromatic carboxylic acids is 1. The van der Waals surface area contributed by atoms with Crippen molar-refractivity contribution in [3.05, 3.63) is 52.6 Å². The molecule has 0 saturated heterocycles. The molecule has 1 aromatic carbocycles. The van der Waals surface area contributed by atoms with Crippen LogP contribution in [0, 0.1) is 26.6 Å². The Kier molecular flexibility index (Phi) is 3.70. The summed E-state index contributed by atoms with van der Waals surface area (Å²) in [4.78, 5) is 15.4. The van der Waals surface area contributed by atoms with Crippen LogP contribution in [0.4, 0.5) is 4.39 Å². The van der Waals surface area contributed by atoms with Gasteiger partial charge in [0.05, 0.1) is 5.69 Å². The molecule has 104 valence electrons. The molecule has 0 amide bonds. The van der Waals surface area contributed by atoms with Crippen LogP contribution in [-0.4, -0.2) is 16.1 Å². The number of nitrogens with zero attached hydrogens (tertiary/aromatic N) is 1. The molecule has 2 rings (SSSR count). The fourth-order valence-corrected chi connectivity index (χ4v) is 1.94. The number of rotatable bonds is 3. The van der Waals surface area contributed by atoms with Crippen LogP contribution in [0.5, 0.6) is 11.5 Å². The number of hydrogen-bond donors (Lipinski definition) is 1. The van der Waals surface area contributed by atoms with Crippen molar-refractivity contribution >= 4 is 5.97 Å². The number of pyridine rings is 1. The number of carboxylic acids is 1. The first-order valence-corrected chi connectivity index (χ1v) is 6.04. The largest absolute Gasteiger partial charge is 0.477 e. The van der Waals surface area contributed by atoms with Crippen molar-refractivity contribution in [3.63, 3.8) is 0 Å². The Balaban J connectivity index is 2.47. The Bertz CT molecular complexity index is 683. The molecular weight excluding hydrogens is 261 g/mol. The zero-order valence-electron chi connectivity index (χ0n) is 11.4. The van der Waals surface area contributed by atoms with Gasteiger partial charge >= 0.3 is 5.97 Å². The predicted octanol–water partition coefficient (Wildman–Crippen LogP) is 3.64. The smallest absolute Gasteiger partial charge is 0.341 e. The molecule has 0 aliphatic carbocycles. The molecule has 0 saturated carbocycles. The molecule has 5 heteroatoms. The predicted molar refractivity (Wildman–Crippen MR) is 71.9 cm³/mol. The van der Waals surface area contributed by atoms with E-state index in [1.165, 1.54) is 18.2 Å². The highest BCUT2D eigenvalue weighted by Crippen LogP contribution is 2.28. The molecule has 1 heterocycles. The van der Waals surface area contributed by atoms with Gasteiger partial charge in [-0.25, -0.2) is 9.18 Å². The van der Waals surface area contributed by atoms with Gasteiger partial charge in [0.15, 0.2) is 0 Å². The van der Waals surface area contributed by atoms with Gasteiger partial charge in [0.1, 0.15) is 22.9 Å². The lowest BCUT2D eigenvalue weighted by Gasteiger charge is -2.12. The zero-order valence-corrected chi connectivity index (χ0v) is 11.4. The topological polar surface area (TPSA) is 59.4 Å². The van der Waals surface area contributed by atoms with Gasteiger partial charge in [-0.15, -0.1) is 0 Å². The van der Waals surface area contributed by atoms with Gasteiger partial charge in [-0.05, 0) is 44.5 Å². The summed E-state index contributed by atoms with van der Waals surface area (Å²) in [6.45, 7) is 4.98. The number of halogens is 1. The summed E-state index contributed by atoms with van der Waals surface area (Å²) >= 11 is 0. The van der Waals surface area contributed by atoms with Gasteiger partial charge in [-0.2, -0.15) is 0 Å². The van der Waals surface area contributed by atoms with Crippen molar-refractivity contribution in [2.75, 3.05) is 0 Å². The first-order chi connectivity index (χ1) is 9.38. The van der Waals surface area contributed by atoms with Crippen molar-refractivity contribution in [3.8, 4) is 11.5 Å². The van der Waals surface area contributed by atoms with E-state index in [2.05, 4.69) is 4.98 Å². The molecule has 0 atom stereocenters. The minimum Gasteiger partial charge on any atom is -0.477 e. The van der Waals surface area contributed by atoms with E-state index in [9.17, 15) is 14.3 Å². The van der Waals surface area contributed by atoms with Crippen LogP contribution in [0.3, 0.4) is 0 Å². The minimum absolute atomic E-state index is 0.0116. The molecule has 1 N–H and O–H groups in total. The fraction of sp³-hybridized carbons (Fsp3) is 0.200. The second-order valence-electron chi connectivity index (χ2n) is 4.54. The summed E-state index contributed by atoms with van der Waals surface area (Å²) in [5.74, 6) is -0.855. The summed E-state index contributed by atoms with van der Waals surface area (Å²) < 4.78 is 18.8. The minimum atomic E-state index is -1.11. The second kappa shape index (κ2) is 5.28. The van der Waals surface area contributed by atoms with E-state index >= 15 is 0 Å². The number of hydrogen-bond acceptors (Lipinski definition) is 3. The lowest BCUT2D eigenvalue weighted by Crippen LogP contribution is -2.06. The molecule has 0 fully saturated rings. The van der Waals surface area contributed by atoms with Crippen LogP contribution in [0.2, 0.25) is 0 Å². The number of aryl methyl sites for hydroxylation is 3. The first kappa shape index (κ1) is 14.0. The van der Waals surface area contributed by atoms with Gasteiger partial charge in [-0.1, -0.05) is 0 Å². The fourth-order valence-electron chi connectivity index (χ4n) is 1.94. The Morgan fingerprint density at radius 3 is 2.55 bits per heavy atom. The van der Waals surface area contributed by atoms with Gasteiger partial charge in [0, 0.05) is 11.8 Å². The molecule has 2 aromatic rings. The third kappa shape index (κ3) is 2.77. The van der Waals surface area contributed by atoms with Gasteiger partial charge < -0.3 is 9.84 Å². The number of aromatic nitrogens is 1. The standard InChI is InChI=1S/C15H14FNO3/c1-8-6-11(4-5-12(8)16)20-13-7-9(2)17-10(3)14(13)15(18)19/h4-7H,1-3H3,(H,18,19). The lowest BCUT2D eigenvalue weighted by atomic mass is 10.1. The summed E-state index contributed by atoms with van der Waals surface area (Å²) in [5, 5.41) is 9.23. The van der Waals surface area contributed by atoms with E-state index in [4.69, 9.17) is 4.74 Å². The third-order valence-electron chi connectivity index (χ3n) is 2.86. The van der Waals surface area contributed by atoms with E-state index in [0.717, 1.165) is 0 Å². The highest BCUT2D eigenvalue weighted by atomic mass is 19.1. The molecule has 0 spiro atoms. The highest BCUT2D eigenvalue weighted by molar-refractivity contribution is 5.92. The maximum atomic E-state index is 13.2. The average molecular weight is 275 g/mol. The van der Waals surface area contributed by atoms with Crippen LogP contribution in [0.25, 0.3) is 0 Å². The maximum Gasteiger partial charge on any atom is 0.341 e. The Morgan fingerprint density at radius 1 is 1.25 bits per heavy atom. The molecule has 4 nitrogen and oxygen atoms in total. The summed E-state index contributed by atoms with van der Waals surface area (Å²) in [6.07, 6.45) is 0. The van der Waals surface area contributed by atoms with E-state index in [1.807, 2.05) is 0 Å². The van der Waals surface area contributed by atoms with E-state index in [-0.39, 0.29) is 17.1 Å². The van der Waals surface area contributed by atoms with Crippen molar-refractivity contribution in [1.82, 2.24) is 4.98 Å². The number of benzene rings is 1. The number of carbonyl (C=O) groups is 1. The molecule has 0 unspecified atom stereocenters. The maximum absolute atomic E-state index is 13.2. The van der Waals surface area contributed by atoms with Crippen LogP contribution in [0.15, 0.2) is 24.3 Å². The number of ether oxygens (including phenoxy) is 1. The molecule has 20 heavy (non-hydrogen) atoms. The van der Waals surface area contributed by atoms with Crippen molar-refractivity contribution < 1.29 is 19.0 Å². The van der Waals surface area contributed by atoms with E-state index in [1.54, 1.807) is 26.8 Å². The van der Waals surface area contributed by atoms with Crippen molar-refractivity contribution in [1.29, 1.82) is 0 Å². The normalized spacial score (nSPS) is 10.4. The molecule has 0 radical (unpaired) electrons. The molecule has 0 aliphatic heterocycles. The summed E-state index contributed by atoms with van der Waals surface area (Å²) in [5.41, 5.74) is 1.48. The van der Waals surface area contributed by atoms with Gasteiger partial charge in [0.25, 0.3) is 0 Å². The molecule has 0 aliphatic rings. The van der Waals surface area contributed by atoms with Gasteiger partial charge in [-0.3, -0.25) is 4.98 Å². The quantitative estimate of drug-likeness (QED) is 0.929. The van der Waals surface area contributed by atoms with Crippen LogP contribution >= 0.6 is 0 Å². The van der Waals surface area contributed by atoms with Crippen molar-refractivity contribution in [2.24, 2.45) is 0 Å². The van der Waals surface area contributed by atoms with Crippen LogP contribution in [-0.2, 0) is 0 Å². The third-order valence-corrected chi connectivity index (χ3v) is 2.86. The second-order valence-corrected chi connectivity index (χ2v) is 4.54. The molecule has 1 aromatic heterocycles. The Morgan fingerprint density at radius 2 is 1.95 bits per heavy atom. The van der Waals surface area contributed by atoms with E-state index < -0.39 is 5.97 Å². The van der Waals surface area contributed by atoms with Gasteiger partial charge in [0.2, 0.25) is 0 Å². The number of carboxylic acid groups (broad SMARTS) is 1. The molecular formula is C15H14FNO3. The van der Waals surface area contributed by atoms with Crippen LogP contribution in [0.1, 0.15) is 27.3 Å². The zero-order chi connectivity index (χ0) is 14.9. The van der Waals surface area contributed by atoms with Crippen LogP contribution < -0.4 is 4.74 Å². The van der Waals surface area contributed by atoms with Crippen molar-refractivity contribution in [2.45, 2.75) is 20.8 Å². The highest BCUT2D eigenvalue weighted by Gasteiger charge is 2.17. The SMILES string of the molecule is Cc1cc(Oc2ccc(F)c(C)c2)c(C(=O)O)c(C)n1. The average Bonchev–Trinajstić information content (AvgIpc) is 2.32. The monoisotopic (exact) mass is 275 g/mol. The van der Waals surface area contributed by atoms with E-state index in [0.29, 0.717) is 22.7 Å².